The van der Waals surface area contributed by atoms with Crippen LogP contribution >= 0.6 is 11.6 Å². The van der Waals surface area contributed by atoms with Crippen LogP contribution in [0.4, 0.5) is 17.6 Å². The van der Waals surface area contributed by atoms with Crippen molar-refractivity contribution in [2.75, 3.05) is 32.7 Å². The first-order valence-electron chi connectivity index (χ1n) is 10.6. The third-order valence-corrected chi connectivity index (χ3v) is 6.70. The minimum Gasteiger partial charge on any atom is -0.378 e. The van der Waals surface area contributed by atoms with Gasteiger partial charge in [0.15, 0.2) is 0 Å². The zero-order valence-corrected chi connectivity index (χ0v) is 17.9. The number of nitrogens with zero attached hydrogens (tertiary/aromatic N) is 1. The van der Waals surface area contributed by atoms with Crippen LogP contribution in [-0.4, -0.2) is 61.0 Å². The van der Waals surface area contributed by atoms with E-state index in [0.29, 0.717) is 19.5 Å². The van der Waals surface area contributed by atoms with Crippen LogP contribution in [0.2, 0.25) is 5.02 Å². The van der Waals surface area contributed by atoms with E-state index >= 15 is 0 Å². The Labute approximate surface area is 184 Å². The molecule has 2 fully saturated rings. The van der Waals surface area contributed by atoms with Gasteiger partial charge in [0.25, 0.3) is 5.91 Å². The number of piperidine rings is 1. The lowest BCUT2D eigenvalue weighted by molar-refractivity contribution is -0.287. The predicted octanol–water partition coefficient (Wildman–Crippen LogP) is 3.56. The van der Waals surface area contributed by atoms with Gasteiger partial charge in [0.1, 0.15) is 17.5 Å². The Morgan fingerprint density at radius 3 is 2.48 bits per heavy atom. The maximum atomic E-state index is 13.4. The van der Waals surface area contributed by atoms with Crippen LogP contribution in [0.3, 0.4) is 0 Å². The van der Waals surface area contributed by atoms with Gasteiger partial charge in [-0.1, -0.05) is 18.0 Å². The highest BCUT2D eigenvalue weighted by atomic mass is 35.5. The van der Waals surface area contributed by atoms with E-state index in [9.17, 15) is 27.5 Å². The number of hydrogen-bond donors (Lipinski definition) is 3. The number of aliphatic hydroxyl groups is 1. The Hall–Kier alpha value is -1.42. The number of likely N-dealkylation sites (tertiary alicyclic amines) is 1. The zero-order valence-electron chi connectivity index (χ0n) is 17.2. The lowest BCUT2D eigenvalue weighted by Crippen LogP contribution is -2.58. The molecule has 0 aromatic heterocycles. The highest BCUT2D eigenvalue weighted by molar-refractivity contribution is 6.31. The van der Waals surface area contributed by atoms with Crippen LogP contribution in [0.5, 0.6) is 0 Å². The molecule has 1 atom stereocenters. The number of halogens is 5. The molecule has 5 nitrogen and oxygen atoms in total. The van der Waals surface area contributed by atoms with Crippen LogP contribution < -0.4 is 10.6 Å². The first-order chi connectivity index (χ1) is 14.6. The Bertz CT molecular complexity index is 745. The number of benzene rings is 1. The van der Waals surface area contributed by atoms with Crippen LogP contribution in [0.15, 0.2) is 18.2 Å². The highest BCUT2D eigenvalue weighted by Gasteiger charge is 2.62. The van der Waals surface area contributed by atoms with E-state index < -0.39 is 23.6 Å². The van der Waals surface area contributed by atoms with Crippen LogP contribution in [0.25, 0.3) is 0 Å². The smallest absolute Gasteiger partial charge is 0.378 e. The molecule has 1 aliphatic carbocycles. The van der Waals surface area contributed by atoms with Crippen LogP contribution in [0.1, 0.15) is 42.5 Å². The van der Waals surface area contributed by atoms with Gasteiger partial charge < -0.3 is 15.3 Å². The summed E-state index contributed by atoms with van der Waals surface area (Å²) in [5.41, 5.74) is -1.83. The number of carbonyl (C=O) groups is 1. The Morgan fingerprint density at radius 1 is 1.26 bits per heavy atom. The molecule has 174 valence electrons. The summed E-state index contributed by atoms with van der Waals surface area (Å²) in [7, 11) is 0. The van der Waals surface area contributed by atoms with E-state index in [-0.39, 0.29) is 41.8 Å². The number of alkyl halides is 3. The molecule has 10 heteroatoms. The van der Waals surface area contributed by atoms with Crippen molar-refractivity contribution in [3.8, 4) is 0 Å². The van der Waals surface area contributed by atoms with Gasteiger partial charge in [-0.25, -0.2) is 4.39 Å². The molecule has 0 radical (unpaired) electrons. The molecule has 0 bridgehead atoms. The molecule has 1 saturated heterocycles. The first-order valence-corrected chi connectivity index (χ1v) is 10.9. The molecule has 31 heavy (non-hydrogen) atoms. The first kappa shape index (κ1) is 24.2. The van der Waals surface area contributed by atoms with Gasteiger partial charge in [0.2, 0.25) is 0 Å². The monoisotopic (exact) mass is 465 g/mol. The van der Waals surface area contributed by atoms with Gasteiger partial charge in [0.05, 0.1) is 0 Å². The standard InChI is InChI=1S/C21H28ClF4N3O2/c22-16-10-15(11-17(23)12-16)18(30)28-13-14-2-7-29(8-3-14)9-6-27-19(31)20(4-1-5-20)21(24,25)26/h10-12,14,19,27,31H,1-9,13H2,(H,28,30). The average molecular weight is 466 g/mol. The lowest BCUT2D eigenvalue weighted by Gasteiger charge is -2.46. The summed E-state index contributed by atoms with van der Waals surface area (Å²) in [5.74, 6) is -0.675. The topological polar surface area (TPSA) is 64.6 Å². The number of aliphatic hydroxyl groups excluding tert-OH is 1. The van der Waals surface area contributed by atoms with Crippen LogP contribution in [-0.2, 0) is 0 Å². The van der Waals surface area contributed by atoms with E-state index in [1.165, 1.54) is 6.07 Å². The molecule has 1 amide bonds. The minimum atomic E-state index is -4.41. The maximum absolute atomic E-state index is 13.4. The molecular weight excluding hydrogens is 438 g/mol. The molecule has 1 aromatic carbocycles. The molecular formula is C21H28ClF4N3O2. The molecule has 1 saturated carbocycles. The van der Waals surface area contributed by atoms with E-state index in [1.54, 1.807) is 0 Å². The zero-order chi connectivity index (χ0) is 22.6. The van der Waals surface area contributed by atoms with Gasteiger partial charge >= 0.3 is 6.18 Å². The highest BCUT2D eigenvalue weighted by Crippen LogP contribution is 2.54. The average Bonchev–Trinajstić information content (AvgIpc) is 2.64. The lowest BCUT2D eigenvalue weighted by atomic mass is 9.66. The Balaban J connectivity index is 1.35. The quantitative estimate of drug-likeness (QED) is 0.406. The third kappa shape index (κ3) is 5.88. The Morgan fingerprint density at radius 2 is 1.94 bits per heavy atom. The van der Waals surface area contributed by atoms with Crippen LogP contribution in [0, 0.1) is 17.2 Å². The number of amides is 1. The summed E-state index contributed by atoms with van der Waals surface area (Å²) < 4.78 is 53.1. The minimum absolute atomic E-state index is 0.0381. The van der Waals surface area contributed by atoms with Crippen molar-refractivity contribution in [2.24, 2.45) is 11.3 Å². The largest absolute Gasteiger partial charge is 0.398 e. The molecule has 1 unspecified atom stereocenters. The molecule has 3 rings (SSSR count). The maximum Gasteiger partial charge on any atom is 0.398 e. The number of rotatable bonds is 8. The second kappa shape index (κ2) is 10.0. The molecule has 0 spiro atoms. The van der Waals surface area contributed by atoms with Gasteiger partial charge in [-0.15, -0.1) is 0 Å². The molecule has 2 aliphatic rings. The van der Waals surface area contributed by atoms with Crippen molar-refractivity contribution < 1.29 is 27.5 Å². The van der Waals surface area contributed by atoms with Crippen molar-refractivity contribution >= 4 is 17.5 Å². The third-order valence-electron chi connectivity index (χ3n) is 6.48. The van der Waals surface area contributed by atoms with E-state index in [2.05, 4.69) is 15.5 Å². The van der Waals surface area contributed by atoms with Gasteiger partial charge in [-0.3, -0.25) is 10.1 Å². The normalized spacial score (nSPS) is 20.8. The summed E-state index contributed by atoms with van der Waals surface area (Å²) in [6.45, 7) is 2.81. The van der Waals surface area contributed by atoms with E-state index in [0.717, 1.165) is 38.1 Å². The molecule has 1 heterocycles. The van der Waals surface area contributed by atoms with Crippen molar-refractivity contribution in [3.63, 3.8) is 0 Å². The summed E-state index contributed by atoms with van der Waals surface area (Å²) in [6, 6.07) is 3.69. The predicted molar refractivity (Wildman–Crippen MR) is 109 cm³/mol. The van der Waals surface area contributed by atoms with Crippen molar-refractivity contribution in [1.29, 1.82) is 0 Å². The van der Waals surface area contributed by atoms with Gasteiger partial charge in [0, 0.05) is 30.2 Å². The number of nitrogens with one attached hydrogen (secondary N) is 2. The summed E-state index contributed by atoms with van der Waals surface area (Å²) >= 11 is 5.78. The Kier molecular flexibility index (Phi) is 7.83. The van der Waals surface area contributed by atoms with Gasteiger partial charge in [-0.05, 0) is 62.9 Å². The van der Waals surface area contributed by atoms with E-state index in [1.807, 2.05) is 0 Å². The van der Waals surface area contributed by atoms with Crippen molar-refractivity contribution in [1.82, 2.24) is 15.5 Å². The second-order valence-electron chi connectivity index (χ2n) is 8.52. The SMILES string of the molecule is O=C(NCC1CCN(CCNC(O)C2(C(F)(F)F)CCC2)CC1)c1cc(F)cc(Cl)c1. The van der Waals surface area contributed by atoms with Crippen molar-refractivity contribution in [3.05, 3.63) is 34.6 Å². The molecule has 1 aromatic rings. The van der Waals surface area contributed by atoms with Crippen molar-refractivity contribution in [2.45, 2.75) is 44.5 Å². The fourth-order valence-corrected chi connectivity index (χ4v) is 4.48. The summed E-state index contributed by atoms with van der Waals surface area (Å²) in [6.07, 6.45) is -3.91. The summed E-state index contributed by atoms with van der Waals surface area (Å²) in [5, 5.41) is 15.7. The fourth-order valence-electron chi connectivity index (χ4n) is 4.26. The fraction of sp³-hybridized carbons (Fsp3) is 0.667. The number of hydrogen-bond acceptors (Lipinski definition) is 4. The van der Waals surface area contributed by atoms with E-state index in [4.69, 9.17) is 11.6 Å². The molecule has 1 aliphatic heterocycles. The second-order valence-corrected chi connectivity index (χ2v) is 8.95. The van der Waals surface area contributed by atoms with Gasteiger partial charge in [-0.2, -0.15) is 13.2 Å². The molecule has 3 N–H and O–H groups in total. The summed E-state index contributed by atoms with van der Waals surface area (Å²) in [4.78, 5) is 14.3. The number of carbonyl (C=O) groups excluding carboxylic acids is 1.